The van der Waals surface area contributed by atoms with Crippen molar-refractivity contribution in [3.05, 3.63) is 59.9 Å². The van der Waals surface area contributed by atoms with Crippen molar-refractivity contribution in [3.8, 4) is 22.5 Å². The number of rotatable bonds is 3. The second kappa shape index (κ2) is 7.35. The molecule has 0 amide bonds. The number of alkyl halides is 3. The summed E-state index contributed by atoms with van der Waals surface area (Å²) in [6.07, 6.45) is -1.38. The molecule has 1 aliphatic rings. The van der Waals surface area contributed by atoms with E-state index < -0.39 is 17.7 Å². The number of hydrogen-bond acceptors (Lipinski definition) is 3. The number of aromatic amines is 1. The van der Waals surface area contributed by atoms with Crippen LogP contribution in [0.1, 0.15) is 30.1 Å². The van der Waals surface area contributed by atoms with Gasteiger partial charge in [0.2, 0.25) is 5.95 Å². The van der Waals surface area contributed by atoms with Crippen molar-refractivity contribution in [1.82, 2.24) is 20.3 Å². The van der Waals surface area contributed by atoms with E-state index in [1.807, 2.05) is 0 Å². The Hall–Kier alpha value is -2.74. The minimum Gasteiger partial charge on any atom is -0.341 e. The molecule has 4 nitrogen and oxygen atoms in total. The third-order valence-electron chi connectivity index (χ3n) is 4.93. The highest BCUT2D eigenvalue weighted by Crippen LogP contribution is 2.37. The average Bonchev–Trinajstić information content (AvgIpc) is 3.14. The van der Waals surface area contributed by atoms with Crippen LogP contribution in [0.5, 0.6) is 0 Å². The zero-order valence-corrected chi connectivity index (χ0v) is 14.9. The molecule has 3 heterocycles. The molecule has 3 aromatic rings. The van der Waals surface area contributed by atoms with Crippen molar-refractivity contribution in [2.45, 2.75) is 24.9 Å². The maximum Gasteiger partial charge on any atom is 0.416 e. The Labute approximate surface area is 159 Å². The van der Waals surface area contributed by atoms with Crippen LogP contribution >= 0.6 is 0 Å². The molecule has 0 spiro atoms. The molecule has 0 aliphatic carbocycles. The SMILES string of the molecule is Fc1cc(-c2[nH]c(C3CCNCC3)nc2-c2cccc(C(F)(F)F)c2)ccn1. The average molecular weight is 390 g/mol. The molecule has 1 aromatic carbocycles. The van der Waals surface area contributed by atoms with Gasteiger partial charge in [0, 0.05) is 29.3 Å². The molecule has 28 heavy (non-hydrogen) atoms. The molecular formula is C20H18F4N4. The normalized spacial score (nSPS) is 15.7. The molecule has 0 radical (unpaired) electrons. The number of nitrogens with zero attached hydrogens (tertiary/aromatic N) is 2. The monoisotopic (exact) mass is 390 g/mol. The second-order valence-electron chi connectivity index (χ2n) is 6.82. The third-order valence-corrected chi connectivity index (χ3v) is 4.93. The van der Waals surface area contributed by atoms with Crippen LogP contribution in [0.15, 0.2) is 42.6 Å². The molecule has 146 valence electrons. The van der Waals surface area contributed by atoms with Crippen LogP contribution in [-0.4, -0.2) is 28.0 Å². The quantitative estimate of drug-likeness (QED) is 0.501. The molecule has 2 aromatic heterocycles. The molecule has 2 N–H and O–H groups in total. The van der Waals surface area contributed by atoms with Gasteiger partial charge in [-0.25, -0.2) is 9.97 Å². The maximum absolute atomic E-state index is 13.7. The fraction of sp³-hybridized carbons (Fsp3) is 0.300. The highest BCUT2D eigenvalue weighted by molar-refractivity contribution is 5.78. The van der Waals surface area contributed by atoms with Gasteiger partial charge in [0.05, 0.1) is 17.0 Å². The lowest BCUT2D eigenvalue weighted by molar-refractivity contribution is -0.137. The van der Waals surface area contributed by atoms with E-state index in [1.165, 1.54) is 18.3 Å². The van der Waals surface area contributed by atoms with Crippen molar-refractivity contribution in [2.75, 3.05) is 13.1 Å². The summed E-state index contributed by atoms with van der Waals surface area (Å²) in [6.45, 7) is 1.70. The third kappa shape index (κ3) is 3.77. The number of aromatic nitrogens is 3. The lowest BCUT2D eigenvalue weighted by Crippen LogP contribution is -2.27. The van der Waals surface area contributed by atoms with Crippen molar-refractivity contribution in [3.63, 3.8) is 0 Å². The van der Waals surface area contributed by atoms with Gasteiger partial charge >= 0.3 is 6.18 Å². The molecule has 0 unspecified atom stereocenters. The molecule has 0 bridgehead atoms. The molecule has 4 rings (SSSR count). The second-order valence-corrected chi connectivity index (χ2v) is 6.82. The van der Waals surface area contributed by atoms with Crippen molar-refractivity contribution < 1.29 is 17.6 Å². The van der Waals surface area contributed by atoms with Crippen LogP contribution in [-0.2, 0) is 6.18 Å². The van der Waals surface area contributed by atoms with E-state index in [4.69, 9.17) is 0 Å². The van der Waals surface area contributed by atoms with Crippen LogP contribution in [0, 0.1) is 5.95 Å². The molecule has 0 saturated carbocycles. The Morgan fingerprint density at radius 1 is 1.00 bits per heavy atom. The molecule has 1 aliphatic heterocycles. The number of piperidine rings is 1. The van der Waals surface area contributed by atoms with E-state index >= 15 is 0 Å². The summed E-state index contributed by atoms with van der Waals surface area (Å²) in [5.74, 6) is 0.220. The number of H-pyrrole nitrogens is 1. The van der Waals surface area contributed by atoms with Crippen LogP contribution in [0.2, 0.25) is 0 Å². The van der Waals surface area contributed by atoms with Gasteiger partial charge in [-0.3, -0.25) is 0 Å². The highest BCUT2D eigenvalue weighted by atomic mass is 19.4. The minimum atomic E-state index is -4.45. The first-order chi connectivity index (χ1) is 13.4. The standard InChI is InChI=1S/C20H18F4N4/c21-16-11-14(6-9-26-16)18-17(13-2-1-3-15(10-13)20(22,23)24)27-19(28-18)12-4-7-25-8-5-12/h1-3,6,9-12,25H,4-5,7-8H2,(H,27,28). The van der Waals surface area contributed by atoms with E-state index in [-0.39, 0.29) is 5.92 Å². The maximum atomic E-state index is 13.7. The number of hydrogen-bond donors (Lipinski definition) is 2. The summed E-state index contributed by atoms with van der Waals surface area (Å²) in [5, 5.41) is 3.28. The Kier molecular flexibility index (Phi) is 4.89. The summed E-state index contributed by atoms with van der Waals surface area (Å²) in [6, 6.07) is 7.89. The van der Waals surface area contributed by atoms with Crippen LogP contribution < -0.4 is 5.32 Å². The van der Waals surface area contributed by atoms with Crippen molar-refractivity contribution >= 4 is 0 Å². The van der Waals surface area contributed by atoms with Crippen LogP contribution in [0.25, 0.3) is 22.5 Å². The van der Waals surface area contributed by atoms with Crippen molar-refractivity contribution in [1.29, 1.82) is 0 Å². The number of pyridine rings is 1. The topological polar surface area (TPSA) is 53.6 Å². The van der Waals surface area contributed by atoms with Gasteiger partial charge in [0.15, 0.2) is 0 Å². The van der Waals surface area contributed by atoms with Crippen molar-refractivity contribution in [2.24, 2.45) is 0 Å². The molecule has 1 fully saturated rings. The van der Waals surface area contributed by atoms with Crippen LogP contribution in [0.3, 0.4) is 0 Å². The first-order valence-electron chi connectivity index (χ1n) is 9.02. The molecule has 8 heteroatoms. The fourth-order valence-corrected chi connectivity index (χ4v) is 3.50. The van der Waals surface area contributed by atoms with Gasteiger partial charge in [-0.1, -0.05) is 12.1 Å². The van der Waals surface area contributed by atoms with Gasteiger partial charge < -0.3 is 10.3 Å². The molecule has 0 atom stereocenters. The molecule has 1 saturated heterocycles. The van der Waals surface area contributed by atoms with E-state index in [0.717, 1.165) is 38.1 Å². The van der Waals surface area contributed by atoms with E-state index in [2.05, 4.69) is 20.3 Å². The Bertz CT molecular complexity index is 974. The zero-order valence-electron chi connectivity index (χ0n) is 14.9. The van der Waals surface area contributed by atoms with Gasteiger partial charge in [-0.2, -0.15) is 17.6 Å². The summed E-state index contributed by atoms with van der Waals surface area (Å²) < 4.78 is 53.2. The summed E-state index contributed by atoms with van der Waals surface area (Å²) >= 11 is 0. The summed E-state index contributed by atoms with van der Waals surface area (Å²) in [4.78, 5) is 11.4. The smallest absolute Gasteiger partial charge is 0.341 e. The number of nitrogens with one attached hydrogen (secondary N) is 2. The number of halogens is 4. The first kappa shape index (κ1) is 18.6. The predicted octanol–water partition coefficient (Wildman–Crippen LogP) is 4.76. The Morgan fingerprint density at radius 2 is 1.79 bits per heavy atom. The fourth-order valence-electron chi connectivity index (χ4n) is 3.50. The van der Waals surface area contributed by atoms with E-state index in [1.54, 1.807) is 12.1 Å². The minimum absolute atomic E-state index is 0.172. The summed E-state index contributed by atoms with van der Waals surface area (Å²) in [5.41, 5.74) is 0.953. The Balaban J connectivity index is 1.84. The largest absolute Gasteiger partial charge is 0.416 e. The lowest BCUT2D eigenvalue weighted by Gasteiger charge is -2.20. The lowest BCUT2D eigenvalue weighted by atomic mass is 9.97. The number of benzene rings is 1. The van der Waals surface area contributed by atoms with Gasteiger partial charge in [-0.05, 0) is 44.1 Å². The highest BCUT2D eigenvalue weighted by Gasteiger charge is 2.31. The number of imidazole rings is 1. The Morgan fingerprint density at radius 3 is 2.50 bits per heavy atom. The predicted molar refractivity (Wildman–Crippen MR) is 97.1 cm³/mol. The first-order valence-corrected chi connectivity index (χ1v) is 9.02. The summed E-state index contributed by atoms with van der Waals surface area (Å²) in [7, 11) is 0. The zero-order chi connectivity index (χ0) is 19.7. The van der Waals surface area contributed by atoms with Gasteiger partial charge in [-0.15, -0.1) is 0 Å². The molecular weight excluding hydrogens is 372 g/mol. The van der Waals surface area contributed by atoms with Crippen LogP contribution in [0.4, 0.5) is 17.6 Å². The van der Waals surface area contributed by atoms with E-state index in [0.29, 0.717) is 28.3 Å². The van der Waals surface area contributed by atoms with Gasteiger partial charge in [0.1, 0.15) is 5.82 Å². The van der Waals surface area contributed by atoms with Gasteiger partial charge in [0.25, 0.3) is 0 Å². The van der Waals surface area contributed by atoms with E-state index in [9.17, 15) is 17.6 Å².